The Hall–Kier alpha value is -1.44. The van der Waals surface area contributed by atoms with Crippen molar-refractivity contribution in [2.24, 2.45) is 5.73 Å². The monoisotopic (exact) mass is 357 g/mol. The minimum atomic E-state index is -3.08. The van der Waals surface area contributed by atoms with Crippen LogP contribution in [0.1, 0.15) is 37.1 Å². The molecular formula is C15H20ClN3O3S. The lowest BCUT2D eigenvalue weighted by Crippen LogP contribution is -2.34. The van der Waals surface area contributed by atoms with Crippen LogP contribution in [-0.2, 0) is 21.1 Å². The molecule has 2 aromatic rings. The number of halogens is 1. The highest BCUT2D eigenvalue weighted by Gasteiger charge is 2.36. The van der Waals surface area contributed by atoms with Gasteiger partial charge in [0.15, 0.2) is 15.7 Å². The quantitative estimate of drug-likeness (QED) is 0.902. The molecule has 0 aliphatic heterocycles. The van der Waals surface area contributed by atoms with E-state index in [1.807, 2.05) is 6.07 Å². The summed E-state index contributed by atoms with van der Waals surface area (Å²) >= 11 is 0. The molecule has 6 nitrogen and oxygen atoms in total. The zero-order valence-corrected chi connectivity index (χ0v) is 14.5. The summed E-state index contributed by atoms with van der Waals surface area (Å²) in [4.78, 5) is 4.42. The highest BCUT2D eigenvalue weighted by Crippen LogP contribution is 2.35. The van der Waals surface area contributed by atoms with Crippen LogP contribution in [0.3, 0.4) is 0 Å². The maximum atomic E-state index is 11.4. The molecule has 0 bridgehead atoms. The fraction of sp³-hybridized carbons (Fsp3) is 0.467. The van der Waals surface area contributed by atoms with E-state index in [2.05, 4.69) is 10.1 Å². The first kappa shape index (κ1) is 17.9. The highest BCUT2D eigenvalue weighted by molar-refractivity contribution is 7.89. The number of benzene rings is 1. The molecule has 1 saturated carbocycles. The fourth-order valence-corrected chi connectivity index (χ4v) is 3.65. The Kier molecular flexibility index (Phi) is 5.13. The minimum absolute atomic E-state index is 0. The summed E-state index contributed by atoms with van der Waals surface area (Å²) in [6, 6.07) is 7.13. The Labute approximate surface area is 141 Å². The molecule has 0 amide bonds. The first-order valence-electron chi connectivity index (χ1n) is 7.26. The number of hydrogen-bond acceptors (Lipinski definition) is 6. The maximum Gasteiger partial charge on any atom is 0.258 e. The van der Waals surface area contributed by atoms with Gasteiger partial charge in [0, 0.05) is 11.8 Å². The third-order valence-corrected chi connectivity index (χ3v) is 4.83. The number of nitrogens with two attached hydrogens (primary N) is 1. The van der Waals surface area contributed by atoms with Gasteiger partial charge in [-0.1, -0.05) is 30.1 Å². The molecule has 0 unspecified atom stereocenters. The molecule has 1 aliphatic rings. The molecule has 1 aromatic carbocycles. The van der Waals surface area contributed by atoms with Crippen LogP contribution < -0.4 is 5.73 Å². The second-order valence-electron chi connectivity index (χ2n) is 6.06. The molecule has 23 heavy (non-hydrogen) atoms. The summed E-state index contributed by atoms with van der Waals surface area (Å²) < 4.78 is 28.1. The van der Waals surface area contributed by atoms with Crippen LogP contribution in [0.15, 0.2) is 28.8 Å². The molecule has 0 atom stereocenters. The number of aromatic nitrogens is 2. The van der Waals surface area contributed by atoms with Crippen LogP contribution in [0.4, 0.5) is 0 Å². The second kappa shape index (κ2) is 6.59. The smallest absolute Gasteiger partial charge is 0.258 e. The van der Waals surface area contributed by atoms with Crippen molar-refractivity contribution in [2.45, 2.75) is 37.0 Å². The van der Waals surface area contributed by atoms with Gasteiger partial charge < -0.3 is 10.3 Å². The third kappa shape index (κ3) is 4.10. The van der Waals surface area contributed by atoms with Gasteiger partial charge in [-0.15, -0.1) is 12.4 Å². The molecule has 1 heterocycles. The van der Waals surface area contributed by atoms with Gasteiger partial charge in [0.05, 0.1) is 11.3 Å². The predicted molar refractivity (Wildman–Crippen MR) is 89.9 cm³/mol. The van der Waals surface area contributed by atoms with Crippen LogP contribution in [-0.4, -0.2) is 24.8 Å². The van der Waals surface area contributed by atoms with Gasteiger partial charge in [0.2, 0.25) is 0 Å². The van der Waals surface area contributed by atoms with E-state index in [0.717, 1.165) is 25.7 Å². The summed E-state index contributed by atoms with van der Waals surface area (Å²) in [5.41, 5.74) is 7.23. The van der Waals surface area contributed by atoms with Crippen LogP contribution in [0.5, 0.6) is 0 Å². The van der Waals surface area contributed by atoms with Crippen LogP contribution in [0, 0.1) is 0 Å². The largest absolute Gasteiger partial charge is 0.334 e. The third-order valence-electron chi connectivity index (χ3n) is 3.97. The zero-order valence-electron chi connectivity index (χ0n) is 12.9. The Morgan fingerprint density at radius 1 is 1.30 bits per heavy atom. The van der Waals surface area contributed by atoms with E-state index < -0.39 is 15.4 Å². The summed E-state index contributed by atoms with van der Waals surface area (Å²) in [7, 11) is -3.08. The van der Waals surface area contributed by atoms with E-state index in [1.54, 1.807) is 18.2 Å². The van der Waals surface area contributed by atoms with Gasteiger partial charge in [-0.2, -0.15) is 4.98 Å². The van der Waals surface area contributed by atoms with Gasteiger partial charge in [0.1, 0.15) is 0 Å². The van der Waals surface area contributed by atoms with Crippen molar-refractivity contribution in [3.63, 3.8) is 0 Å². The standard InChI is InChI=1S/C15H19N3O3S.ClH/c1-22(19,20)10-11-5-4-6-12(9-11)13-17-14(18-21-13)15(16)7-2-3-8-15;/h4-6,9H,2-3,7-8,10,16H2,1H3;1H. The topological polar surface area (TPSA) is 99.1 Å². The molecule has 1 aromatic heterocycles. The molecule has 3 rings (SSSR count). The van der Waals surface area contributed by atoms with Gasteiger partial charge in [-0.05, 0) is 30.5 Å². The van der Waals surface area contributed by atoms with Crippen molar-refractivity contribution in [1.29, 1.82) is 0 Å². The number of nitrogens with zero attached hydrogens (tertiary/aromatic N) is 2. The highest BCUT2D eigenvalue weighted by atomic mass is 35.5. The van der Waals surface area contributed by atoms with Crippen molar-refractivity contribution in [3.8, 4) is 11.5 Å². The van der Waals surface area contributed by atoms with Gasteiger partial charge in [0.25, 0.3) is 5.89 Å². The Bertz CT molecular complexity index is 783. The lowest BCUT2D eigenvalue weighted by molar-refractivity contribution is 0.372. The van der Waals surface area contributed by atoms with E-state index in [1.165, 1.54) is 6.26 Å². The summed E-state index contributed by atoms with van der Waals surface area (Å²) in [6.45, 7) is 0. The first-order valence-corrected chi connectivity index (χ1v) is 9.32. The molecular weight excluding hydrogens is 338 g/mol. The normalized spacial score (nSPS) is 17.0. The molecule has 1 fully saturated rings. The van der Waals surface area contributed by atoms with Crippen LogP contribution >= 0.6 is 12.4 Å². The molecule has 0 radical (unpaired) electrons. The van der Waals surface area contributed by atoms with Crippen molar-refractivity contribution in [3.05, 3.63) is 35.7 Å². The molecule has 1 aliphatic carbocycles. The molecule has 2 N–H and O–H groups in total. The fourth-order valence-electron chi connectivity index (χ4n) is 2.87. The van der Waals surface area contributed by atoms with Crippen molar-refractivity contribution in [1.82, 2.24) is 10.1 Å². The predicted octanol–water partition coefficient (Wildman–Crippen LogP) is 2.43. The van der Waals surface area contributed by atoms with Crippen LogP contribution in [0.25, 0.3) is 11.5 Å². The SMILES string of the molecule is CS(=O)(=O)Cc1cccc(-c2nc(C3(N)CCCC3)no2)c1.Cl. The van der Waals surface area contributed by atoms with Crippen molar-refractivity contribution in [2.75, 3.05) is 6.26 Å². The Morgan fingerprint density at radius 2 is 2.00 bits per heavy atom. The number of sulfone groups is 1. The Morgan fingerprint density at radius 3 is 2.65 bits per heavy atom. The molecule has 0 spiro atoms. The Balaban J connectivity index is 0.00000192. The summed E-state index contributed by atoms with van der Waals surface area (Å²) in [5.74, 6) is 0.901. The second-order valence-corrected chi connectivity index (χ2v) is 8.20. The lowest BCUT2D eigenvalue weighted by atomic mass is 9.98. The van der Waals surface area contributed by atoms with E-state index in [4.69, 9.17) is 10.3 Å². The first-order chi connectivity index (χ1) is 10.4. The molecule has 126 valence electrons. The average Bonchev–Trinajstić information content (AvgIpc) is 3.06. The van der Waals surface area contributed by atoms with Crippen LogP contribution in [0.2, 0.25) is 0 Å². The van der Waals surface area contributed by atoms with Crippen molar-refractivity contribution < 1.29 is 12.9 Å². The summed E-state index contributed by atoms with van der Waals surface area (Å²) in [6.07, 6.45) is 5.08. The number of hydrogen-bond donors (Lipinski definition) is 1. The maximum absolute atomic E-state index is 11.4. The lowest BCUT2D eigenvalue weighted by Gasteiger charge is -2.17. The van der Waals surface area contributed by atoms with Gasteiger partial charge in [-0.3, -0.25) is 0 Å². The van der Waals surface area contributed by atoms with E-state index in [0.29, 0.717) is 22.8 Å². The zero-order chi connectivity index (χ0) is 15.8. The van der Waals surface area contributed by atoms with Gasteiger partial charge in [-0.25, -0.2) is 8.42 Å². The summed E-state index contributed by atoms with van der Waals surface area (Å²) in [5, 5.41) is 4.02. The minimum Gasteiger partial charge on any atom is -0.334 e. The van der Waals surface area contributed by atoms with Gasteiger partial charge >= 0.3 is 0 Å². The van der Waals surface area contributed by atoms with E-state index in [9.17, 15) is 8.42 Å². The number of rotatable bonds is 4. The average molecular weight is 358 g/mol. The van der Waals surface area contributed by atoms with E-state index in [-0.39, 0.29) is 18.2 Å². The molecule has 8 heteroatoms. The van der Waals surface area contributed by atoms with E-state index >= 15 is 0 Å². The molecule has 0 saturated heterocycles. The van der Waals surface area contributed by atoms with Crippen molar-refractivity contribution >= 4 is 22.2 Å².